The van der Waals surface area contributed by atoms with Gasteiger partial charge in [-0.15, -0.1) is 11.3 Å². The highest BCUT2D eigenvalue weighted by Crippen LogP contribution is 2.48. The minimum Gasteiger partial charge on any atom is -0.454 e. The lowest BCUT2D eigenvalue weighted by Crippen LogP contribution is -2.48. The van der Waals surface area contributed by atoms with Gasteiger partial charge < -0.3 is 24.8 Å². The molecule has 2 bridgehead atoms. The summed E-state index contributed by atoms with van der Waals surface area (Å²) in [5.74, 6) is 2.30. The van der Waals surface area contributed by atoms with E-state index in [1.165, 1.54) is 17.4 Å². The molecule has 4 aliphatic rings. The summed E-state index contributed by atoms with van der Waals surface area (Å²) in [5.41, 5.74) is 7.47. The number of piperazine rings is 1. The third-order valence-corrected chi connectivity index (χ3v) is 11.1. The van der Waals surface area contributed by atoms with Gasteiger partial charge in [0.05, 0.1) is 17.0 Å². The van der Waals surface area contributed by atoms with Crippen molar-refractivity contribution >= 4 is 28.1 Å². The Morgan fingerprint density at radius 3 is 2.82 bits per heavy atom. The van der Waals surface area contributed by atoms with E-state index in [1.54, 1.807) is 4.90 Å². The van der Waals surface area contributed by atoms with Crippen LogP contribution in [0.1, 0.15) is 48.6 Å². The number of aryl methyl sites for hydroxylation is 1. The molecule has 0 saturated carbocycles. The molecule has 2 unspecified atom stereocenters. The van der Waals surface area contributed by atoms with Crippen LogP contribution in [0.25, 0.3) is 11.5 Å². The number of nitrogens with zero attached hydrogens (tertiary/aromatic N) is 8. The number of amides is 1. The van der Waals surface area contributed by atoms with Crippen LogP contribution in [-0.2, 0) is 16.6 Å². The summed E-state index contributed by atoms with van der Waals surface area (Å²) in [5, 5.41) is 14.8. The molecule has 5 heterocycles. The van der Waals surface area contributed by atoms with E-state index in [4.69, 9.17) is 29.9 Å². The molecule has 13 heteroatoms. The van der Waals surface area contributed by atoms with E-state index < -0.39 is 5.41 Å². The number of nitrogen functional groups attached to an aromatic ring is 1. The Kier molecular flexibility index (Phi) is 7.37. The highest BCUT2D eigenvalue weighted by molar-refractivity contribution is 7.16. The molecule has 5 atom stereocenters. The lowest BCUT2D eigenvalue weighted by Gasteiger charge is -2.35. The number of hydrogen-bond donors (Lipinski definition) is 1. The second-order valence-corrected chi connectivity index (χ2v) is 13.8. The topological polar surface area (TPSA) is 151 Å². The fourth-order valence-corrected chi connectivity index (χ4v) is 8.74. The van der Waals surface area contributed by atoms with Crippen molar-refractivity contribution in [3.8, 4) is 23.6 Å². The van der Waals surface area contributed by atoms with Gasteiger partial charge in [0.25, 0.3) is 0 Å². The molecule has 0 radical (unpaired) electrons. The molecule has 234 valence electrons. The third-order valence-electron chi connectivity index (χ3n) is 10.0. The zero-order chi connectivity index (χ0) is 31.5. The SMILES string of the molecule is C=CC(=O)N1CCN(c2cc(-c3noc([C@@]4(C)CCCc5sc(N)c(C#N)c54)n3)nc(O[C@H]3C=CC4CN(C)[C@@H]3C4C)n2)CC1. The highest BCUT2D eigenvalue weighted by atomic mass is 32.1. The second kappa shape index (κ2) is 11.3. The molecule has 0 spiro atoms. The first-order chi connectivity index (χ1) is 21.7. The molecule has 3 aromatic rings. The Morgan fingerprint density at radius 1 is 1.27 bits per heavy atom. The third kappa shape index (κ3) is 4.96. The molecular weight excluding hydrogens is 590 g/mol. The maximum absolute atomic E-state index is 12.2. The summed E-state index contributed by atoms with van der Waals surface area (Å²) in [4.78, 5) is 34.1. The van der Waals surface area contributed by atoms with Gasteiger partial charge in [-0.1, -0.05) is 24.7 Å². The van der Waals surface area contributed by atoms with E-state index in [0.29, 0.717) is 71.8 Å². The largest absolute Gasteiger partial charge is 0.454 e. The molecular formula is C32H37N9O3S. The number of nitrogens with two attached hydrogens (primary N) is 1. The number of rotatable bonds is 6. The molecule has 45 heavy (non-hydrogen) atoms. The average Bonchev–Trinajstić information content (AvgIpc) is 3.71. The highest BCUT2D eigenvalue weighted by Gasteiger charge is 2.45. The van der Waals surface area contributed by atoms with E-state index in [1.807, 2.05) is 13.0 Å². The van der Waals surface area contributed by atoms with Gasteiger partial charge >= 0.3 is 6.01 Å². The van der Waals surface area contributed by atoms with Crippen LogP contribution in [0, 0.1) is 23.2 Å². The van der Waals surface area contributed by atoms with Gasteiger partial charge in [0, 0.05) is 49.2 Å². The second-order valence-electron chi connectivity index (χ2n) is 12.7. The first-order valence-electron chi connectivity index (χ1n) is 15.5. The van der Waals surface area contributed by atoms with Crippen LogP contribution in [0.5, 0.6) is 6.01 Å². The van der Waals surface area contributed by atoms with Crippen molar-refractivity contribution in [2.45, 2.75) is 50.7 Å². The number of hydrogen-bond acceptors (Lipinski definition) is 12. The van der Waals surface area contributed by atoms with E-state index in [2.05, 4.69) is 53.7 Å². The average molecular weight is 628 g/mol. The first-order valence-corrected chi connectivity index (χ1v) is 16.3. The smallest absolute Gasteiger partial charge is 0.319 e. The summed E-state index contributed by atoms with van der Waals surface area (Å²) >= 11 is 1.47. The van der Waals surface area contributed by atoms with Crippen molar-refractivity contribution in [2.24, 2.45) is 11.8 Å². The van der Waals surface area contributed by atoms with Crippen LogP contribution < -0.4 is 15.4 Å². The van der Waals surface area contributed by atoms with Gasteiger partial charge in [-0.25, -0.2) is 0 Å². The maximum atomic E-state index is 12.2. The number of carbonyl (C=O) groups is 1. The summed E-state index contributed by atoms with van der Waals surface area (Å²) in [6, 6.07) is 4.61. The Labute approximate surface area is 266 Å². The Balaban J connectivity index is 1.24. The molecule has 2 saturated heterocycles. The van der Waals surface area contributed by atoms with Crippen LogP contribution in [-0.4, -0.2) is 87.7 Å². The van der Waals surface area contributed by atoms with Crippen molar-refractivity contribution < 1.29 is 14.1 Å². The Hall–Kier alpha value is -4.28. The van der Waals surface area contributed by atoms with Gasteiger partial charge in [0.2, 0.25) is 17.6 Å². The van der Waals surface area contributed by atoms with E-state index in [-0.39, 0.29) is 24.1 Å². The van der Waals surface area contributed by atoms with Crippen LogP contribution in [0.4, 0.5) is 10.8 Å². The standard InChI is InChI=1S/C32H37N9O3S/c1-5-25(42)41-13-11-40(12-14-41)24-15-21(35-31(36-24)43-22-9-8-19-17-39(4)27(22)18(19)2)29-37-30(44-38-29)32(3)10-6-7-23-26(32)20(16-33)28(34)45-23/h5,8-9,15,18-19,22,27H,1,6-7,10-14,17,34H2,2-4H3/t18?,19?,22-,27+,32-/m0/s1. The number of anilines is 2. The molecule has 2 aliphatic heterocycles. The number of carbonyl (C=O) groups excluding carboxylic acids is 1. The van der Waals surface area contributed by atoms with Crippen molar-refractivity contribution in [1.29, 1.82) is 5.26 Å². The van der Waals surface area contributed by atoms with E-state index in [9.17, 15) is 10.1 Å². The zero-order valence-electron chi connectivity index (χ0n) is 25.8. The first kappa shape index (κ1) is 29.4. The lowest BCUT2D eigenvalue weighted by atomic mass is 9.72. The fraction of sp³-hybridized carbons (Fsp3) is 0.500. The van der Waals surface area contributed by atoms with Crippen molar-refractivity contribution in [3.63, 3.8) is 0 Å². The Bertz CT molecular complexity index is 1720. The fourth-order valence-electron chi connectivity index (χ4n) is 7.55. The predicted octanol–water partition coefficient (Wildman–Crippen LogP) is 3.40. The minimum atomic E-state index is -0.645. The van der Waals surface area contributed by atoms with Gasteiger partial charge in [0.1, 0.15) is 28.7 Å². The van der Waals surface area contributed by atoms with E-state index >= 15 is 0 Å². The molecule has 2 aliphatic carbocycles. The summed E-state index contributed by atoms with van der Waals surface area (Å²) < 4.78 is 12.5. The number of fused-ring (bicyclic) bond motifs is 3. The zero-order valence-corrected chi connectivity index (χ0v) is 26.6. The van der Waals surface area contributed by atoms with E-state index in [0.717, 1.165) is 36.2 Å². The lowest BCUT2D eigenvalue weighted by molar-refractivity contribution is -0.126. The maximum Gasteiger partial charge on any atom is 0.319 e. The number of likely N-dealkylation sites (tertiary alicyclic amines) is 1. The number of nitriles is 1. The number of thiophene rings is 1. The Morgan fingerprint density at radius 2 is 2.07 bits per heavy atom. The van der Waals surface area contributed by atoms with Gasteiger partial charge in [0.15, 0.2) is 0 Å². The van der Waals surface area contributed by atoms with Crippen LogP contribution in [0.2, 0.25) is 0 Å². The summed E-state index contributed by atoms with van der Waals surface area (Å²) in [7, 11) is 2.13. The van der Waals surface area contributed by atoms with Gasteiger partial charge in [-0.2, -0.15) is 20.2 Å². The quantitative estimate of drug-likeness (QED) is 0.316. The molecule has 12 nitrogen and oxygen atoms in total. The summed E-state index contributed by atoms with van der Waals surface area (Å²) in [6.45, 7) is 11.2. The monoisotopic (exact) mass is 627 g/mol. The van der Waals surface area contributed by atoms with Crippen molar-refractivity contribution in [3.05, 3.63) is 52.8 Å². The predicted molar refractivity (Wildman–Crippen MR) is 170 cm³/mol. The van der Waals surface area contributed by atoms with Gasteiger partial charge in [-0.3, -0.25) is 9.69 Å². The minimum absolute atomic E-state index is 0.0788. The molecule has 2 fully saturated rings. The van der Waals surface area contributed by atoms with Crippen LogP contribution in [0.15, 0.2) is 35.4 Å². The van der Waals surface area contributed by atoms with Crippen LogP contribution >= 0.6 is 11.3 Å². The number of likely N-dealkylation sites (N-methyl/N-ethyl adjacent to an activating group) is 1. The van der Waals surface area contributed by atoms with Gasteiger partial charge in [-0.05, 0) is 57.2 Å². The molecule has 3 aromatic heterocycles. The molecule has 1 amide bonds. The molecule has 7 rings (SSSR count). The molecule has 2 N–H and O–H groups in total. The normalized spacial score (nSPS) is 27.7. The molecule has 0 aromatic carbocycles. The van der Waals surface area contributed by atoms with Crippen LogP contribution in [0.3, 0.4) is 0 Å². The van der Waals surface area contributed by atoms with Crippen molar-refractivity contribution in [1.82, 2.24) is 29.9 Å². The van der Waals surface area contributed by atoms with Crippen molar-refractivity contribution in [2.75, 3.05) is 50.4 Å². The number of aromatic nitrogens is 4. The number of ether oxygens (including phenoxy) is 1. The summed E-state index contributed by atoms with van der Waals surface area (Å²) in [6.07, 6.45) is 8.06.